The molecule has 0 bridgehead atoms. The fraction of sp³-hybridized carbons (Fsp3) is 0.357. The van der Waals surface area contributed by atoms with Gasteiger partial charge in [0.25, 0.3) is 0 Å². The van der Waals surface area contributed by atoms with E-state index < -0.39 is 16.9 Å². The third kappa shape index (κ3) is 3.85. The van der Waals surface area contributed by atoms with Crippen LogP contribution >= 0.6 is 11.6 Å². The second-order valence-corrected chi connectivity index (χ2v) is 5.52. The Morgan fingerprint density at radius 1 is 1.12 bits per heavy atom. The van der Waals surface area contributed by atoms with Crippen molar-refractivity contribution in [3.05, 3.63) is 35.2 Å². The van der Waals surface area contributed by atoms with Gasteiger partial charge in [-0.2, -0.15) is 13.2 Å². The fourth-order valence-corrected chi connectivity index (χ4v) is 2.52. The average Bonchev–Trinajstić information content (AvgIpc) is 2.55. The molecule has 2 N–H and O–H groups in total. The molecular formula is C14H14ClF3N6. The van der Waals surface area contributed by atoms with Crippen molar-refractivity contribution in [2.75, 3.05) is 36.4 Å². The van der Waals surface area contributed by atoms with Crippen LogP contribution < -0.4 is 15.5 Å². The summed E-state index contributed by atoms with van der Waals surface area (Å²) in [6.45, 7) is 3.55. The SMILES string of the molecule is FC(F)(F)c1cnc(Nc2ccc(N3CCNCC3)nc2)nc1Cl. The highest BCUT2D eigenvalue weighted by atomic mass is 35.5. The molecule has 1 fully saturated rings. The van der Waals surface area contributed by atoms with Gasteiger partial charge in [-0.25, -0.2) is 15.0 Å². The van der Waals surface area contributed by atoms with E-state index in [1.54, 1.807) is 12.3 Å². The topological polar surface area (TPSA) is 66.0 Å². The number of rotatable bonds is 3. The fourth-order valence-electron chi connectivity index (χ4n) is 2.28. The molecule has 128 valence electrons. The van der Waals surface area contributed by atoms with Crippen LogP contribution in [0.2, 0.25) is 5.15 Å². The number of anilines is 3. The standard InChI is InChI=1S/C14H14ClF3N6/c15-12-10(14(16,17)18)8-21-13(23-12)22-9-1-2-11(20-7-9)24-5-3-19-4-6-24/h1-2,7-8,19H,3-6H2,(H,21,22,23). The lowest BCUT2D eigenvalue weighted by Crippen LogP contribution is -2.43. The molecule has 10 heteroatoms. The zero-order chi connectivity index (χ0) is 17.2. The van der Waals surface area contributed by atoms with Crippen molar-refractivity contribution in [3.63, 3.8) is 0 Å². The maximum absolute atomic E-state index is 12.6. The Hall–Kier alpha value is -2.13. The number of alkyl halides is 3. The van der Waals surface area contributed by atoms with Gasteiger partial charge in [0.2, 0.25) is 5.95 Å². The van der Waals surface area contributed by atoms with E-state index >= 15 is 0 Å². The lowest BCUT2D eigenvalue weighted by atomic mass is 10.3. The van der Waals surface area contributed by atoms with E-state index in [0.717, 1.165) is 32.0 Å². The molecule has 0 saturated carbocycles. The highest BCUT2D eigenvalue weighted by Gasteiger charge is 2.34. The number of piperazine rings is 1. The van der Waals surface area contributed by atoms with Gasteiger partial charge < -0.3 is 15.5 Å². The minimum Gasteiger partial charge on any atom is -0.354 e. The van der Waals surface area contributed by atoms with Gasteiger partial charge in [0, 0.05) is 32.4 Å². The van der Waals surface area contributed by atoms with Crippen LogP contribution in [-0.2, 0) is 6.18 Å². The Balaban J connectivity index is 1.71. The molecule has 3 heterocycles. The second kappa shape index (κ2) is 6.78. The Morgan fingerprint density at radius 3 is 2.46 bits per heavy atom. The molecule has 0 amide bonds. The molecule has 3 rings (SSSR count). The quantitative estimate of drug-likeness (QED) is 0.822. The van der Waals surface area contributed by atoms with Gasteiger partial charge in [-0.15, -0.1) is 0 Å². The third-order valence-corrected chi connectivity index (χ3v) is 3.78. The van der Waals surface area contributed by atoms with Crippen LogP contribution in [0, 0.1) is 0 Å². The first-order valence-electron chi connectivity index (χ1n) is 7.22. The first-order chi connectivity index (χ1) is 11.4. The van der Waals surface area contributed by atoms with E-state index in [-0.39, 0.29) is 5.95 Å². The van der Waals surface area contributed by atoms with Gasteiger partial charge in [-0.1, -0.05) is 11.6 Å². The Kier molecular flexibility index (Phi) is 4.72. The summed E-state index contributed by atoms with van der Waals surface area (Å²) in [5, 5.41) is 5.40. The van der Waals surface area contributed by atoms with Crippen molar-refractivity contribution in [1.29, 1.82) is 0 Å². The van der Waals surface area contributed by atoms with Crippen LogP contribution in [0.4, 0.5) is 30.6 Å². The van der Waals surface area contributed by atoms with Gasteiger partial charge in [-0.05, 0) is 12.1 Å². The molecule has 24 heavy (non-hydrogen) atoms. The average molecular weight is 359 g/mol. The molecule has 0 aromatic carbocycles. The first kappa shape index (κ1) is 16.7. The van der Waals surface area contributed by atoms with Crippen LogP contribution in [0.1, 0.15) is 5.56 Å². The predicted octanol–water partition coefficient (Wildman–Crippen LogP) is 2.70. The number of pyridine rings is 1. The molecule has 0 atom stereocenters. The Labute approximate surface area is 141 Å². The minimum atomic E-state index is -4.58. The predicted molar refractivity (Wildman–Crippen MR) is 84.6 cm³/mol. The summed E-state index contributed by atoms with van der Waals surface area (Å²) in [6, 6.07) is 3.60. The summed E-state index contributed by atoms with van der Waals surface area (Å²) >= 11 is 5.57. The maximum atomic E-state index is 12.6. The van der Waals surface area contributed by atoms with Gasteiger partial charge in [0.15, 0.2) is 0 Å². The maximum Gasteiger partial charge on any atom is 0.420 e. The van der Waals surface area contributed by atoms with Crippen LogP contribution in [0.3, 0.4) is 0 Å². The van der Waals surface area contributed by atoms with Gasteiger partial charge in [0.05, 0.1) is 11.9 Å². The Bertz CT molecular complexity index is 701. The normalized spacial score (nSPS) is 15.4. The van der Waals surface area contributed by atoms with Crippen LogP contribution in [0.15, 0.2) is 24.5 Å². The summed E-state index contributed by atoms with van der Waals surface area (Å²) in [6.07, 6.45) is -2.35. The molecule has 1 aliphatic heterocycles. The van der Waals surface area contributed by atoms with E-state index in [1.807, 2.05) is 6.07 Å². The first-order valence-corrected chi connectivity index (χ1v) is 7.60. The van der Waals surface area contributed by atoms with Crippen molar-refractivity contribution in [1.82, 2.24) is 20.3 Å². The molecule has 0 radical (unpaired) electrons. The third-order valence-electron chi connectivity index (χ3n) is 3.49. The molecular weight excluding hydrogens is 345 g/mol. The number of hydrogen-bond donors (Lipinski definition) is 2. The molecule has 0 spiro atoms. The van der Waals surface area contributed by atoms with Crippen LogP contribution in [0.5, 0.6) is 0 Å². The van der Waals surface area contributed by atoms with E-state index in [2.05, 4.69) is 30.5 Å². The molecule has 0 unspecified atom stereocenters. The van der Waals surface area contributed by atoms with Crippen molar-refractivity contribution < 1.29 is 13.2 Å². The molecule has 6 nitrogen and oxygen atoms in total. The minimum absolute atomic E-state index is 0.0234. The number of hydrogen-bond acceptors (Lipinski definition) is 6. The van der Waals surface area contributed by atoms with Gasteiger partial charge >= 0.3 is 6.18 Å². The van der Waals surface area contributed by atoms with E-state index in [0.29, 0.717) is 11.9 Å². The lowest BCUT2D eigenvalue weighted by Gasteiger charge is -2.28. The molecule has 1 saturated heterocycles. The zero-order valence-corrected chi connectivity index (χ0v) is 13.2. The highest BCUT2D eigenvalue weighted by Crippen LogP contribution is 2.33. The monoisotopic (exact) mass is 358 g/mol. The van der Waals surface area contributed by atoms with E-state index in [4.69, 9.17) is 11.6 Å². The number of nitrogens with one attached hydrogen (secondary N) is 2. The summed E-state index contributed by atoms with van der Waals surface area (Å²) in [5.74, 6) is 0.818. The van der Waals surface area contributed by atoms with Crippen LogP contribution in [-0.4, -0.2) is 41.1 Å². The smallest absolute Gasteiger partial charge is 0.354 e. The van der Waals surface area contributed by atoms with Crippen molar-refractivity contribution in [3.8, 4) is 0 Å². The van der Waals surface area contributed by atoms with Crippen LogP contribution in [0.25, 0.3) is 0 Å². The summed E-state index contributed by atoms with van der Waals surface area (Å²) in [4.78, 5) is 13.8. The van der Waals surface area contributed by atoms with E-state index in [9.17, 15) is 13.2 Å². The van der Waals surface area contributed by atoms with Crippen molar-refractivity contribution in [2.24, 2.45) is 0 Å². The largest absolute Gasteiger partial charge is 0.420 e. The van der Waals surface area contributed by atoms with Crippen molar-refractivity contribution >= 4 is 29.1 Å². The second-order valence-electron chi connectivity index (χ2n) is 5.16. The molecule has 2 aromatic rings. The van der Waals surface area contributed by atoms with Gasteiger partial charge in [0.1, 0.15) is 16.5 Å². The summed E-state index contributed by atoms with van der Waals surface area (Å²) in [7, 11) is 0. The zero-order valence-electron chi connectivity index (χ0n) is 12.4. The summed E-state index contributed by atoms with van der Waals surface area (Å²) in [5.41, 5.74) is -0.508. The van der Waals surface area contributed by atoms with Gasteiger partial charge in [-0.3, -0.25) is 0 Å². The number of nitrogens with zero attached hydrogens (tertiary/aromatic N) is 4. The molecule has 2 aromatic heterocycles. The van der Waals surface area contributed by atoms with E-state index in [1.165, 1.54) is 0 Å². The highest BCUT2D eigenvalue weighted by molar-refractivity contribution is 6.30. The lowest BCUT2D eigenvalue weighted by molar-refractivity contribution is -0.137. The number of halogens is 4. The summed E-state index contributed by atoms with van der Waals surface area (Å²) < 4.78 is 37.9. The Morgan fingerprint density at radius 2 is 1.88 bits per heavy atom. The molecule has 1 aliphatic rings. The van der Waals surface area contributed by atoms with Crippen molar-refractivity contribution in [2.45, 2.75) is 6.18 Å². The molecule has 0 aliphatic carbocycles. The number of aromatic nitrogens is 3.